The highest BCUT2D eigenvalue weighted by atomic mass is 16.7. The molecule has 0 aliphatic heterocycles. The Morgan fingerprint density at radius 3 is 1.81 bits per heavy atom. The van der Waals surface area contributed by atoms with Gasteiger partial charge in [0, 0.05) is 13.2 Å². The minimum absolute atomic E-state index is 0.144. The Balaban J connectivity index is 0. The quantitative estimate of drug-likeness (QED) is 0.518. The Bertz CT molecular complexity index is 172. The van der Waals surface area contributed by atoms with E-state index in [0.29, 0.717) is 0 Å². The Kier molecular flexibility index (Phi) is 15.1. The molecule has 0 aromatic carbocycles. The highest BCUT2D eigenvalue weighted by Crippen LogP contribution is 1.99. The summed E-state index contributed by atoms with van der Waals surface area (Å²) in [6.45, 7) is 7.67. The first-order valence-corrected chi connectivity index (χ1v) is 5.49. The van der Waals surface area contributed by atoms with Gasteiger partial charge in [-0.05, 0) is 25.8 Å². The van der Waals surface area contributed by atoms with Gasteiger partial charge in [-0.3, -0.25) is 0 Å². The molecule has 0 spiro atoms. The fraction of sp³-hybridized carbons (Fsp3) is 0.727. The molecule has 0 rings (SSSR count). The molecule has 0 unspecified atom stereocenters. The van der Waals surface area contributed by atoms with Gasteiger partial charge in [0.2, 0.25) is 0 Å². The van der Waals surface area contributed by atoms with Crippen LogP contribution in [0.1, 0.15) is 33.6 Å². The zero-order valence-corrected chi connectivity index (χ0v) is 10.4. The largest absolute Gasteiger partial charge is 0.352 e. The van der Waals surface area contributed by atoms with Crippen molar-refractivity contribution < 1.29 is 14.3 Å². The number of carbonyl (C=O) groups excluding carboxylic acids is 1. The molecule has 0 radical (unpaired) electrons. The summed E-state index contributed by atoms with van der Waals surface area (Å²) in [7, 11) is 0. The molecular formula is C11H24N2O3. The van der Waals surface area contributed by atoms with Crippen LogP contribution < -0.4 is 11.5 Å². The molecule has 0 saturated heterocycles. The number of allylic oxidation sites excluding steroid dienone is 1. The summed E-state index contributed by atoms with van der Waals surface area (Å²) in [6.07, 6.45) is 5.81. The van der Waals surface area contributed by atoms with Gasteiger partial charge in [0.05, 0.1) is 0 Å². The number of nitrogens with two attached hydrogens (primary N) is 2. The minimum Gasteiger partial charge on any atom is -0.352 e. The number of amides is 2. The van der Waals surface area contributed by atoms with Gasteiger partial charge in [0.1, 0.15) is 0 Å². The summed E-state index contributed by atoms with van der Waals surface area (Å²) < 4.78 is 10.8. The normalized spacial score (nSPS) is 10.2. The molecule has 0 aliphatic rings. The summed E-state index contributed by atoms with van der Waals surface area (Å²) in [4.78, 5) is 9.00. The maximum absolute atomic E-state index is 9.00. The van der Waals surface area contributed by atoms with Gasteiger partial charge in [0.15, 0.2) is 6.29 Å². The monoisotopic (exact) mass is 232 g/mol. The van der Waals surface area contributed by atoms with Gasteiger partial charge in [0.25, 0.3) is 0 Å². The van der Waals surface area contributed by atoms with Gasteiger partial charge in [-0.15, -0.1) is 0 Å². The number of hydrogen-bond acceptors (Lipinski definition) is 3. The van der Waals surface area contributed by atoms with E-state index in [4.69, 9.17) is 14.3 Å². The number of hydrogen-bond donors (Lipinski definition) is 2. The molecule has 16 heavy (non-hydrogen) atoms. The van der Waals surface area contributed by atoms with Gasteiger partial charge < -0.3 is 20.9 Å². The third-order valence-corrected chi connectivity index (χ3v) is 1.32. The number of rotatable bonds is 7. The van der Waals surface area contributed by atoms with Crippen molar-refractivity contribution in [3.63, 3.8) is 0 Å². The first-order valence-electron chi connectivity index (χ1n) is 5.49. The lowest BCUT2D eigenvalue weighted by molar-refractivity contribution is -0.111. The lowest BCUT2D eigenvalue weighted by atomic mass is 10.5. The topological polar surface area (TPSA) is 87.6 Å². The van der Waals surface area contributed by atoms with E-state index >= 15 is 0 Å². The molecule has 0 fully saturated rings. The van der Waals surface area contributed by atoms with Crippen molar-refractivity contribution in [2.75, 3.05) is 13.2 Å². The van der Waals surface area contributed by atoms with Crippen LogP contribution in [0.25, 0.3) is 0 Å². The average Bonchev–Trinajstić information content (AvgIpc) is 2.21. The summed E-state index contributed by atoms with van der Waals surface area (Å²) >= 11 is 0. The molecule has 0 atom stereocenters. The molecule has 0 aliphatic carbocycles. The SMILES string of the molecule is CC=CC(OCCC)OCCC.NC(N)=O. The Morgan fingerprint density at radius 2 is 1.56 bits per heavy atom. The molecule has 0 aromatic rings. The third-order valence-electron chi connectivity index (χ3n) is 1.32. The van der Waals surface area contributed by atoms with Crippen LogP contribution in [0, 0.1) is 0 Å². The molecule has 0 saturated carbocycles. The van der Waals surface area contributed by atoms with E-state index in [1.807, 2.05) is 19.1 Å². The molecular weight excluding hydrogens is 208 g/mol. The highest BCUT2D eigenvalue weighted by Gasteiger charge is 2.01. The van der Waals surface area contributed by atoms with E-state index in [1.54, 1.807) is 0 Å². The maximum atomic E-state index is 9.00. The number of ether oxygens (including phenoxy) is 2. The van der Waals surface area contributed by atoms with Crippen molar-refractivity contribution in [2.45, 2.75) is 39.9 Å². The predicted molar refractivity (Wildman–Crippen MR) is 64.9 cm³/mol. The van der Waals surface area contributed by atoms with E-state index in [-0.39, 0.29) is 6.29 Å². The van der Waals surface area contributed by atoms with Gasteiger partial charge >= 0.3 is 6.03 Å². The number of primary amides is 2. The Labute approximate surface area is 97.8 Å². The average molecular weight is 232 g/mol. The maximum Gasteiger partial charge on any atom is 0.309 e. The first-order chi connectivity index (χ1) is 7.58. The van der Waals surface area contributed by atoms with E-state index in [9.17, 15) is 0 Å². The summed E-state index contributed by atoms with van der Waals surface area (Å²) in [6, 6.07) is -0.833. The van der Waals surface area contributed by atoms with E-state index in [1.165, 1.54) is 0 Å². The third kappa shape index (κ3) is 18.7. The molecule has 5 heteroatoms. The first kappa shape index (κ1) is 17.3. The summed E-state index contributed by atoms with van der Waals surface area (Å²) in [5.41, 5.74) is 8.50. The van der Waals surface area contributed by atoms with E-state index < -0.39 is 6.03 Å². The molecule has 0 heterocycles. The summed E-state index contributed by atoms with van der Waals surface area (Å²) in [5.74, 6) is 0. The van der Waals surface area contributed by atoms with E-state index in [2.05, 4.69) is 25.3 Å². The zero-order chi connectivity index (χ0) is 12.8. The van der Waals surface area contributed by atoms with Crippen LogP contribution in [-0.2, 0) is 9.47 Å². The fourth-order valence-corrected chi connectivity index (χ4v) is 0.784. The van der Waals surface area contributed by atoms with Gasteiger partial charge in [-0.25, -0.2) is 4.79 Å². The molecule has 96 valence electrons. The van der Waals surface area contributed by atoms with Crippen LogP contribution in [0.15, 0.2) is 12.2 Å². The second-order valence-corrected chi connectivity index (χ2v) is 3.04. The van der Waals surface area contributed by atoms with Crippen LogP contribution in [-0.4, -0.2) is 25.5 Å². The van der Waals surface area contributed by atoms with Crippen molar-refractivity contribution >= 4 is 6.03 Å². The Hall–Kier alpha value is -1.07. The van der Waals surface area contributed by atoms with Crippen LogP contribution >= 0.6 is 0 Å². The standard InChI is InChI=1S/C10H20O2.CH4N2O/c1-4-7-10(11-8-5-2)12-9-6-3;2-1(3)4/h4,7,10H,5-6,8-9H2,1-3H3;(H4,2,3,4). The number of carbonyl (C=O) groups is 1. The highest BCUT2D eigenvalue weighted by molar-refractivity contribution is 5.69. The van der Waals surface area contributed by atoms with Crippen molar-refractivity contribution in [1.82, 2.24) is 0 Å². The van der Waals surface area contributed by atoms with Crippen molar-refractivity contribution in [1.29, 1.82) is 0 Å². The predicted octanol–water partition coefficient (Wildman–Crippen LogP) is 1.77. The van der Waals surface area contributed by atoms with Crippen molar-refractivity contribution in [3.8, 4) is 0 Å². The fourth-order valence-electron chi connectivity index (χ4n) is 0.784. The molecule has 2 amide bonds. The molecule has 5 nitrogen and oxygen atoms in total. The second-order valence-electron chi connectivity index (χ2n) is 3.04. The van der Waals surface area contributed by atoms with Gasteiger partial charge in [-0.2, -0.15) is 0 Å². The lowest BCUT2D eigenvalue weighted by Crippen LogP contribution is -2.18. The van der Waals surface area contributed by atoms with Crippen LogP contribution in [0.5, 0.6) is 0 Å². The van der Waals surface area contributed by atoms with Crippen LogP contribution in [0.2, 0.25) is 0 Å². The molecule has 0 bridgehead atoms. The lowest BCUT2D eigenvalue weighted by Gasteiger charge is -2.13. The molecule has 4 N–H and O–H groups in total. The molecule has 0 aromatic heterocycles. The van der Waals surface area contributed by atoms with Crippen LogP contribution in [0.3, 0.4) is 0 Å². The van der Waals surface area contributed by atoms with Crippen LogP contribution in [0.4, 0.5) is 4.79 Å². The minimum atomic E-state index is -0.833. The smallest absolute Gasteiger partial charge is 0.309 e. The second kappa shape index (κ2) is 13.9. The number of urea groups is 1. The van der Waals surface area contributed by atoms with E-state index in [0.717, 1.165) is 26.1 Å². The van der Waals surface area contributed by atoms with Crippen molar-refractivity contribution in [2.24, 2.45) is 11.5 Å². The zero-order valence-electron chi connectivity index (χ0n) is 10.4. The summed E-state index contributed by atoms with van der Waals surface area (Å²) in [5, 5.41) is 0. The Morgan fingerprint density at radius 1 is 1.19 bits per heavy atom. The van der Waals surface area contributed by atoms with Gasteiger partial charge in [-0.1, -0.05) is 19.9 Å². The van der Waals surface area contributed by atoms with Crippen molar-refractivity contribution in [3.05, 3.63) is 12.2 Å².